The molecule has 3 N–H and O–H groups in total. The predicted octanol–water partition coefficient (Wildman–Crippen LogP) is 2.68. The third-order valence-electron chi connectivity index (χ3n) is 3.29. The highest BCUT2D eigenvalue weighted by Gasteiger charge is 2.16. The summed E-state index contributed by atoms with van der Waals surface area (Å²) >= 11 is 6.00. The predicted molar refractivity (Wildman–Crippen MR) is 95.5 cm³/mol. The lowest BCUT2D eigenvalue weighted by atomic mass is 10.2. The summed E-state index contributed by atoms with van der Waals surface area (Å²) in [5.41, 5.74) is 0.179. The molecule has 0 unspecified atom stereocenters. The van der Waals surface area contributed by atoms with E-state index in [-0.39, 0.29) is 35.7 Å². The first-order chi connectivity index (χ1) is 12.5. The lowest BCUT2D eigenvalue weighted by Crippen LogP contribution is -2.35. The van der Waals surface area contributed by atoms with E-state index in [9.17, 15) is 14.4 Å². The molecule has 0 aliphatic rings. The van der Waals surface area contributed by atoms with E-state index in [0.717, 1.165) is 0 Å². The molecule has 1 heterocycles. The van der Waals surface area contributed by atoms with Crippen molar-refractivity contribution in [3.63, 3.8) is 0 Å². The number of amides is 2. The molecule has 0 aliphatic heterocycles. The minimum Gasteiger partial charge on any atom is -0.481 e. The van der Waals surface area contributed by atoms with Gasteiger partial charge >= 0.3 is 5.97 Å². The number of furan rings is 1. The van der Waals surface area contributed by atoms with E-state index in [1.165, 1.54) is 18.4 Å². The Morgan fingerprint density at radius 3 is 2.58 bits per heavy atom. The summed E-state index contributed by atoms with van der Waals surface area (Å²) in [6.07, 6.45) is 3.02. The highest BCUT2D eigenvalue weighted by molar-refractivity contribution is 6.34. The number of benzene rings is 1. The average molecular weight is 377 g/mol. The zero-order valence-electron chi connectivity index (χ0n) is 13.7. The second kappa shape index (κ2) is 9.43. The second-order valence-electron chi connectivity index (χ2n) is 5.26. The van der Waals surface area contributed by atoms with Crippen molar-refractivity contribution < 1.29 is 23.9 Å². The number of carboxylic acid groups (broad SMARTS) is 1. The Balaban J connectivity index is 2.11. The minimum atomic E-state index is -0.947. The van der Waals surface area contributed by atoms with Crippen molar-refractivity contribution in [3.05, 3.63) is 64.7 Å². The van der Waals surface area contributed by atoms with Crippen LogP contribution in [-0.4, -0.2) is 29.4 Å². The Labute approximate surface area is 154 Å². The van der Waals surface area contributed by atoms with Gasteiger partial charge in [-0.2, -0.15) is 0 Å². The van der Waals surface area contributed by atoms with E-state index in [4.69, 9.17) is 21.1 Å². The van der Waals surface area contributed by atoms with Crippen LogP contribution < -0.4 is 10.6 Å². The molecule has 2 aromatic rings. The molecule has 0 radical (unpaired) electrons. The van der Waals surface area contributed by atoms with Crippen molar-refractivity contribution in [2.45, 2.75) is 12.8 Å². The summed E-state index contributed by atoms with van der Waals surface area (Å²) in [4.78, 5) is 35.3. The normalized spacial score (nSPS) is 11.0. The number of halogens is 1. The van der Waals surface area contributed by atoms with Gasteiger partial charge in [-0.05, 0) is 30.7 Å². The summed E-state index contributed by atoms with van der Waals surface area (Å²) in [7, 11) is 0. The fourth-order valence-corrected chi connectivity index (χ4v) is 2.27. The maximum Gasteiger partial charge on any atom is 0.303 e. The van der Waals surface area contributed by atoms with Gasteiger partial charge in [0, 0.05) is 19.0 Å². The van der Waals surface area contributed by atoms with Gasteiger partial charge in [-0.25, -0.2) is 0 Å². The third kappa shape index (κ3) is 5.78. The number of rotatable bonds is 8. The fraction of sp³-hybridized carbons (Fsp3) is 0.167. The number of nitrogens with one attached hydrogen (secondary N) is 2. The number of carbonyl (C=O) groups excluding carboxylic acids is 2. The number of hydrogen-bond acceptors (Lipinski definition) is 4. The third-order valence-corrected chi connectivity index (χ3v) is 3.62. The van der Waals surface area contributed by atoms with Crippen molar-refractivity contribution in [2.24, 2.45) is 0 Å². The van der Waals surface area contributed by atoms with Crippen LogP contribution >= 0.6 is 11.6 Å². The summed E-state index contributed by atoms with van der Waals surface area (Å²) in [6, 6.07) is 9.71. The van der Waals surface area contributed by atoms with Crippen molar-refractivity contribution in [1.82, 2.24) is 10.6 Å². The second-order valence-corrected chi connectivity index (χ2v) is 5.67. The van der Waals surface area contributed by atoms with Crippen LogP contribution in [0, 0.1) is 0 Å². The molecule has 0 spiro atoms. The van der Waals surface area contributed by atoms with Gasteiger partial charge in [0.2, 0.25) is 0 Å². The topological polar surface area (TPSA) is 109 Å². The monoisotopic (exact) mass is 376 g/mol. The van der Waals surface area contributed by atoms with Gasteiger partial charge in [-0.3, -0.25) is 14.4 Å². The highest BCUT2D eigenvalue weighted by Crippen LogP contribution is 2.15. The molecule has 0 fully saturated rings. The molecule has 2 rings (SSSR count). The number of carboxylic acids is 1. The van der Waals surface area contributed by atoms with E-state index in [1.54, 1.807) is 30.3 Å². The Hall–Kier alpha value is -3.06. The summed E-state index contributed by atoms with van der Waals surface area (Å²) < 4.78 is 5.17. The van der Waals surface area contributed by atoms with Crippen LogP contribution in [0.5, 0.6) is 0 Å². The summed E-state index contributed by atoms with van der Waals surface area (Å²) in [6.45, 7) is 0.155. The van der Waals surface area contributed by atoms with Crippen LogP contribution in [-0.2, 0) is 9.59 Å². The zero-order chi connectivity index (χ0) is 18.9. The summed E-state index contributed by atoms with van der Waals surface area (Å²) in [5.74, 6) is -1.68. The fourth-order valence-electron chi connectivity index (χ4n) is 2.05. The summed E-state index contributed by atoms with van der Waals surface area (Å²) in [5, 5.41) is 14.0. The van der Waals surface area contributed by atoms with Crippen LogP contribution in [0.15, 0.2) is 52.8 Å². The van der Waals surface area contributed by atoms with E-state index in [1.807, 2.05) is 0 Å². The molecular weight excluding hydrogens is 360 g/mol. The standard InChI is InChI=1S/C18H17ClN2O5/c19-14-7-2-1-6-13(14)17(24)21-15(11-12-5-4-10-26-12)18(25)20-9-3-8-16(22)23/h1-2,4-7,10-11H,3,8-9H2,(H,20,25)(H,21,24)(H,22,23)/b15-11-. The van der Waals surface area contributed by atoms with E-state index in [0.29, 0.717) is 5.76 Å². The quantitative estimate of drug-likeness (QED) is 0.485. The molecule has 8 heteroatoms. The van der Waals surface area contributed by atoms with Gasteiger partial charge in [0.1, 0.15) is 11.5 Å². The molecule has 1 aromatic carbocycles. The first-order valence-electron chi connectivity index (χ1n) is 7.78. The lowest BCUT2D eigenvalue weighted by Gasteiger charge is -2.11. The molecule has 0 atom stereocenters. The molecule has 2 amide bonds. The van der Waals surface area contributed by atoms with Crippen LogP contribution in [0.25, 0.3) is 6.08 Å². The number of aliphatic carboxylic acids is 1. The minimum absolute atomic E-state index is 0.0415. The molecular formula is C18H17ClN2O5. The van der Waals surface area contributed by atoms with Gasteiger partial charge in [0.25, 0.3) is 11.8 Å². The van der Waals surface area contributed by atoms with Gasteiger partial charge in [0.15, 0.2) is 0 Å². The molecule has 1 aromatic heterocycles. The Bertz CT molecular complexity index is 815. The number of carbonyl (C=O) groups is 3. The molecule has 0 saturated carbocycles. The molecule has 0 saturated heterocycles. The zero-order valence-corrected chi connectivity index (χ0v) is 14.5. The maximum atomic E-state index is 12.4. The average Bonchev–Trinajstić information content (AvgIpc) is 3.11. The Morgan fingerprint density at radius 1 is 1.15 bits per heavy atom. The van der Waals surface area contributed by atoms with E-state index in [2.05, 4.69) is 10.6 Å². The first-order valence-corrected chi connectivity index (χ1v) is 8.16. The highest BCUT2D eigenvalue weighted by atomic mass is 35.5. The van der Waals surface area contributed by atoms with Gasteiger partial charge < -0.3 is 20.2 Å². The van der Waals surface area contributed by atoms with Gasteiger partial charge in [-0.1, -0.05) is 23.7 Å². The first kappa shape index (κ1) is 19.3. The molecule has 26 heavy (non-hydrogen) atoms. The Morgan fingerprint density at radius 2 is 1.92 bits per heavy atom. The van der Waals surface area contributed by atoms with Crippen LogP contribution in [0.3, 0.4) is 0 Å². The van der Waals surface area contributed by atoms with Crippen molar-refractivity contribution in [2.75, 3.05) is 6.54 Å². The molecule has 7 nitrogen and oxygen atoms in total. The van der Waals surface area contributed by atoms with Crippen LogP contribution in [0.1, 0.15) is 29.0 Å². The Kier molecular flexibility index (Phi) is 6.99. The van der Waals surface area contributed by atoms with Gasteiger partial charge in [0.05, 0.1) is 16.8 Å². The van der Waals surface area contributed by atoms with Crippen molar-refractivity contribution >= 4 is 35.5 Å². The van der Waals surface area contributed by atoms with E-state index >= 15 is 0 Å². The van der Waals surface area contributed by atoms with Crippen LogP contribution in [0.4, 0.5) is 0 Å². The van der Waals surface area contributed by atoms with Crippen LogP contribution in [0.2, 0.25) is 5.02 Å². The van der Waals surface area contributed by atoms with Crippen molar-refractivity contribution in [3.8, 4) is 0 Å². The lowest BCUT2D eigenvalue weighted by molar-refractivity contribution is -0.137. The van der Waals surface area contributed by atoms with Crippen molar-refractivity contribution in [1.29, 1.82) is 0 Å². The smallest absolute Gasteiger partial charge is 0.303 e. The molecule has 0 bridgehead atoms. The maximum absolute atomic E-state index is 12.4. The largest absolute Gasteiger partial charge is 0.481 e. The number of hydrogen-bond donors (Lipinski definition) is 3. The van der Waals surface area contributed by atoms with Gasteiger partial charge in [-0.15, -0.1) is 0 Å². The SMILES string of the molecule is O=C(O)CCCNC(=O)/C(=C/c1ccco1)NC(=O)c1ccccc1Cl. The van der Waals surface area contributed by atoms with E-state index < -0.39 is 17.8 Å². The molecule has 0 aliphatic carbocycles. The molecule has 136 valence electrons.